The fraction of sp³-hybridized carbons (Fsp3) is 0.500. The van der Waals surface area contributed by atoms with Gasteiger partial charge in [0.05, 0.1) is 11.7 Å². The zero-order valence-electron chi connectivity index (χ0n) is 7.49. The van der Waals surface area contributed by atoms with E-state index in [-0.39, 0.29) is 23.8 Å². The van der Waals surface area contributed by atoms with E-state index in [9.17, 15) is 9.90 Å². The van der Waals surface area contributed by atoms with E-state index >= 15 is 0 Å². The predicted octanol–water partition coefficient (Wildman–Crippen LogP) is 1.71. The fourth-order valence-electron chi connectivity index (χ4n) is 1.94. The molecule has 0 radical (unpaired) electrons. The van der Waals surface area contributed by atoms with Crippen LogP contribution in [0.3, 0.4) is 0 Å². The molecule has 2 rings (SSSR count). The lowest BCUT2D eigenvalue weighted by Gasteiger charge is -2.30. The van der Waals surface area contributed by atoms with Crippen molar-refractivity contribution in [2.75, 3.05) is 0 Å². The minimum atomic E-state index is -0.356. The summed E-state index contributed by atoms with van der Waals surface area (Å²) >= 11 is 0. The molecule has 1 N–H and O–H groups in total. The zero-order chi connectivity index (χ0) is 9.42. The maximum Gasteiger partial charge on any atom is 0.338 e. The van der Waals surface area contributed by atoms with Gasteiger partial charge in [-0.3, -0.25) is 0 Å². The van der Waals surface area contributed by atoms with Gasteiger partial charge in [-0.2, -0.15) is 0 Å². The summed E-state index contributed by atoms with van der Waals surface area (Å²) < 4.78 is 5.04. The summed E-state index contributed by atoms with van der Waals surface area (Å²) in [6.45, 7) is 1.88. The Hall–Kier alpha value is -1.25. The average Bonchev–Trinajstić information content (AvgIpc) is 2.02. The fourth-order valence-corrected chi connectivity index (χ4v) is 1.94. The number of hydrogen-bond acceptors (Lipinski definition) is 3. The molecule has 0 aromatic heterocycles. The predicted molar refractivity (Wildman–Crippen MR) is 47.1 cm³/mol. The Bertz CT molecular complexity index is 301. The van der Waals surface area contributed by atoms with Crippen molar-refractivity contribution in [1.82, 2.24) is 0 Å². The van der Waals surface area contributed by atoms with Crippen LogP contribution >= 0.6 is 0 Å². The summed E-state index contributed by atoms with van der Waals surface area (Å²) in [5, 5.41) is 9.45. The largest absolute Gasteiger partial charge is 0.507 e. The molecule has 0 spiro atoms. The van der Waals surface area contributed by atoms with E-state index in [1.807, 2.05) is 13.0 Å². The first-order valence-electron chi connectivity index (χ1n) is 4.49. The molecular formula is C10H12O3. The molecule has 1 aliphatic heterocycles. The van der Waals surface area contributed by atoms with Crippen LogP contribution in [-0.4, -0.2) is 17.2 Å². The second-order valence-corrected chi connectivity index (χ2v) is 3.59. The van der Waals surface area contributed by atoms with E-state index in [4.69, 9.17) is 4.74 Å². The molecule has 1 saturated heterocycles. The van der Waals surface area contributed by atoms with Gasteiger partial charge in [0.2, 0.25) is 0 Å². The second-order valence-electron chi connectivity index (χ2n) is 3.59. The van der Waals surface area contributed by atoms with Crippen LogP contribution in [0.1, 0.15) is 19.8 Å². The van der Waals surface area contributed by atoms with Crippen LogP contribution in [0.15, 0.2) is 23.5 Å². The lowest BCUT2D eigenvalue weighted by atomic mass is 9.84. The third-order valence-electron chi connectivity index (χ3n) is 2.53. The van der Waals surface area contributed by atoms with Gasteiger partial charge >= 0.3 is 5.97 Å². The molecule has 2 unspecified atom stereocenters. The lowest BCUT2D eigenvalue weighted by Crippen LogP contribution is -2.31. The van der Waals surface area contributed by atoms with Crippen molar-refractivity contribution in [1.29, 1.82) is 0 Å². The van der Waals surface area contributed by atoms with Gasteiger partial charge in [-0.15, -0.1) is 0 Å². The van der Waals surface area contributed by atoms with Crippen molar-refractivity contribution in [2.45, 2.75) is 25.9 Å². The first kappa shape index (κ1) is 8.35. The van der Waals surface area contributed by atoms with E-state index in [1.165, 1.54) is 0 Å². The smallest absolute Gasteiger partial charge is 0.338 e. The number of rotatable bonds is 0. The van der Waals surface area contributed by atoms with Gasteiger partial charge in [-0.05, 0) is 25.8 Å². The molecule has 3 heteroatoms. The SMILES string of the molecule is CC1CC2CC=CC(O)=C2C(=O)O1. The maximum atomic E-state index is 11.4. The normalized spacial score (nSPS) is 32.8. The van der Waals surface area contributed by atoms with Crippen LogP contribution in [0, 0.1) is 5.92 Å². The molecule has 3 nitrogen and oxygen atoms in total. The first-order valence-corrected chi connectivity index (χ1v) is 4.49. The molecule has 2 aliphatic rings. The number of cyclic esters (lactones) is 1. The number of hydrogen-bond donors (Lipinski definition) is 1. The van der Waals surface area contributed by atoms with E-state index in [1.54, 1.807) is 6.08 Å². The molecule has 13 heavy (non-hydrogen) atoms. The van der Waals surface area contributed by atoms with Crippen LogP contribution in [0.25, 0.3) is 0 Å². The molecule has 1 fully saturated rings. The summed E-state index contributed by atoms with van der Waals surface area (Å²) in [5.74, 6) is -0.125. The lowest BCUT2D eigenvalue weighted by molar-refractivity contribution is -0.148. The molecule has 0 saturated carbocycles. The van der Waals surface area contributed by atoms with Gasteiger partial charge in [-0.1, -0.05) is 6.08 Å². The van der Waals surface area contributed by atoms with Gasteiger partial charge in [-0.25, -0.2) is 4.79 Å². The second kappa shape index (κ2) is 2.91. The molecule has 0 amide bonds. The van der Waals surface area contributed by atoms with Crippen LogP contribution in [-0.2, 0) is 9.53 Å². The molecule has 0 aromatic rings. The highest BCUT2D eigenvalue weighted by molar-refractivity contribution is 5.91. The van der Waals surface area contributed by atoms with Crippen molar-refractivity contribution in [3.05, 3.63) is 23.5 Å². The number of ether oxygens (including phenoxy) is 1. The Kier molecular flexibility index (Phi) is 1.87. The van der Waals surface area contributed by atoms with E-state index in [0.717, 1.165) is 12.8 Å². The minimum absolute atomic E-state index is 0.0273. The van der Waals surface area contributed by atoms with Crippen LogP contribution in [0.4, 0.5) is 0 Å². The third-order valence-corrected chi connectivity index (χ3v) is 2.53. The Morgan fingerprint density at radius 2 is 2.38 bits per heavy atom. The van der Waals surface area contributed by atoms with Crippen LogP contribution in [0.2, 0.25) is 0 Å². The highest BCUT2D eigenvalue weighted by Crippen LogP contribution is 2.33. The van der Waals surface area contributed by atoms with Crippen molar-refractivity contribution in [2.24, 2.45) is 5.92 Å². The van der Waals surface area contributed by atoms with Gasteiger partial charge in [0.1, 0.15) is 5.76 Å². The highest BCUT2D eigenvalue weighted by Gasteiger charge is 2.34. The van der Waals surface area contributed by atoms with Crippen molar-refractivity contribution >= 4 is 5.97 Å². The number of carbonyl (C=O) groups excluding carboxylic acids is 1. The quantitative estimate of drug-likeness (QED) is 0.577. The van der Waals surface area contributed by atoms with Gasteiger partial charge in [0.15, 0.2) is 0 Å². The number of allylic oxidation sites excluding steroid dienone is 2. The summed E-state index contributed by atoms with van der Waals surface area (Å²) in [5.41, 5.74) is 0.459. The average molecular weight is 180 g/mol. The summed E-state index contributed by atoms with van der Waals surface area (Å²) in [4.78, 5) is 11.4. The molecule has 0 aromatic carbocycles. The van der Waals surface area contributed by atoms with E-state index in [0.29, 0.717) is 5.57 Å². The number of fused-ring (bicyclic) bond motifs is 1. The number of carbonyl (C=O) groups is 1. The molecule has 70 valence electrons. The molecule has 0 bridgehead atoms. The summed E-state index contributed by atoms with van der Waals surface area (Å²) in [6, 6.07) is 0. The zero-order valence-corrected chi connectivity index (χ0v) is 7.49. The number of aliphatic hydroxyl groups is 1. The maximum absolute atomic E-state index is 11.4. The van der Waals surface area contributed by atoms with Gasteiger partial charge in [0.25, 0.3) is 0 Å². The Morgan fingerprint density at radius 1 is 1.62 bits per heavy atom. The van der Waals surface area contributed by atoms with Crippen LogP contribution < -0.4 is 0 Å². The Morgan fingerprint density at radius 3 is 3.15 bits per heavy atom. The molecule has 1 heterocycles. The van der Waals surface area contributed by atoms with Gasteiger partial charge in [0, 0.05) is 5.92 Å². The third kappa shape index (κ3) is 1.34. The Labute approximate surface area is 76.7 Å². The molecular weight excluding hydrogens is 168 g/mol. The number of esters is 1. The number of aliphatic hydroxyl groups excluding tert-OH is 1. The van der Waals surface area contributed by atoms with Gasteiger partial charge < -0.3 is 9.84 Å². The minimum Gasteiger partial charge on any atom is -0.507 e. The molecule has 1 aliphatic carbocycles. The standard InChI is InChI=1S/C10H12O3/c1-6-5-7-3-2-4-8(11)9(7)10(12)13-6/h2,4,6-7,11H,3,5H2,1H3. The van der Waals surface area contributed by atoms with Crippen LogP contribution in [0.5, 0.6) is 0 Å². The van der Waals surface area contributed by atoms with Crippen molar-refractivity contribution in [3.63, 3.8) is 0 Å². The first-order chi connectivity index (χ1) is 6.18. The summed E-state index contributed by atoms with van der Waals surface area (Å²) in [6.07, 6.45) is 5.09. The van der Waals surface area contributed by atoms with E-state index < -0.39 is 0 Å². The van der Waals surface area contributed by atoms with E-state index in [2.05, 4.69) is 0 Å². The topological polar surface area (TPSA) is 46.5 Å². The Balaban J connectivity index is 2.34. The highest BCUT2D eigenvalue weighted by atomic mass is 16.5. The van der Waals surface area contributed by atoms with Crippen molar-refractivity contribution < 1.29 is 14.6 Å². The monoisotopic (exact) mass is 180 g/mol. The summed E-state index contributed by atoms with van der Waals surface area (Å²) in [7, 11) is 0. The molecule has 2 atom stereocenters. The van der Waals surface area contributed by atoms with Crippen molar-refractivity contribution in [3.8, 4) is 0 Å².